The Balaban J connectivity index is 1.85. The van der Waals surface area contributed by atoms with E-state index in [-0.39, 0.29) is 5.75 Å². The van der Waals surface area contributed by atoms with E-state index in [0.717, 1.165) is 16.9 Å². The normalized spacial score (nSPS) is 10.7. The maximum atomic E-state index is 9.29. The van der Waals surface area contributed by atoms with Gasteiger partial charge in [-0.05, 0) is 54.3 Å². The van der Waals surface area contributed by atoms with Crippen LogP contribution in [0.3, 0.4) is 0 Å². The molecule has 0 unspecified atom stereocenters. The molecule has 0 atom stereocenters. The molecule has 3 rings (SSSR count). The van der Waals surface area contributed by atoms with Crippen LogP contribution in [0.1, 0.15) is 6.92 Å². The molecule has 0 bridgehead atoms. The molecule has 0 radical (unpaired) electrons. The Morgan fingerprint density at radius 2 is 1.67 bits per heavy atom. The van der Waals surface area contributed by atoms with E-state index in [1.54, 1.807) is 36.0 Å². The number of thioether (sulfide) groups is 1. The smallest absolute Gasteiger partial charge is 0.258 e. The molecule has 0 aliphatic rings. The fraction of sp³-hybridized carbons (Fsp3) is 0.125. The van der Waals surface area contributed by atoms with Gasteiger partial charge in [-0.2, -0.15) is 4.98 Å². The first kappa shape index (κ1) is 13.7. The highest BCUT2D eigenvalue weighted by Crippen LogP contribution is 2.25. The van der Waals surface area contributed by atoms with Gasteiger partial charge in [-0.1, -0.05) is 12.1 Å². The third-order valence-electron chi connectivity index (χ3n) is 2.96. The maximum Gasteiger partial charge on any atom is 0.258 e. The molecule has 21 heavy (non-hydrogen) atoms. The first-order valence-corrected chi connectivity index (χ1v) is 7.61. The fourth-order valence-electron chi connectivity index (χ4n) is 1.93. The Bertz CT molecular complexity index is 721. The standard InChI is InChI=1S/C16H14N2O2S/c1-2-21-14-9-5-11(6-10-14)15-17-16(20-18-15)12-3-7-13(19)8-4-12/h3-10,19H,2H2,1H3. The van der Waals surface area contributed by atoms with Crippen molar-refractivity contribution in [2.45, 2.75) is 11.8 Å². The number of phenolic OH excluding ortho intramolecular Hbond substituents is 1. The zero-order chi connectivity index (χ0) is 14.7. The minimum atomic E-state index is 0.211. The number of hydrogen-bond acceptors (Lipinski definition) is 5. The molecule has 1 aromatic heterocycles. The number of benzene rings is 2. The summed E-state index contributed by atoms with van der Waals surface area (Å²) in [6, 6.07) is 14.8. The first-order chi connectivity index (χ1) is 10.3. The van der Waals surface area contributed by atoms with E-state index in [2.05, 4.69) is 29.2 Å². The molecule has 5 heteroatoms. The Morgan fingerprint density at radius 3 is 2.33 bits per heavy atom. The minimum absolute atomic E-state index is 0.211. The third kappa shape index (κ3) is 3.08. The molecule has 1 N–H and O–H groups in total. The number of phenols is 1. The van der Waals surface area contributed by atoms with Gasteiger partial charge < -0.3 is 9.63 Å². The third-order valence-corrected chi connectivity index (χ3v) is 3.86. The lowest BCUT2D eigenvalue weighted by Crippen LogP contribution is -1.82. The lowest BCUT2D eigenvalue weighted by molar-refractivity contribution is 0.432. The van der Waals surface area contributed by atoms with E-state index in [4.69, 9.17) is 4.52 Å². The van der Waals surface area contributed by atoms with Crippen LogP contribution < -0.4 is 0 Å². The van der Waals surface area contributed by atoms with Crippen molar-refractivity contribution in [1.29, 1.82) is 0 Å². The lowest BCUT2D eigenvalue weighted by atomic mass is 10.2. The Labute approximate surface area is 126 Å². The molecule has 0 spiro atoms. The molecular weight excluding hydrogens is 284 g/mol. The van der Waals surface area contributed by atoms with Crippen LogP contribution in [0, 0.1) is 0 Å². The average Bonchev–Trinajstić information content (AvgIpc) is 2.99. The second-order valence-corrected chi connectivity index (χ2v) is 5.76. The van der Waals surface area contributed by atoms with Crippen LogP contribution in [0.4, 0.5) is 0 Å². The van der Waals surface area contributed by atoms with E-state index in [9.17, 15) is 5.11 Å². The second kappa shape index (κ2) is 6.01. The molecule has 0 saturated heterocycles. The van der Waals surface area contributed by atoms with E-state index in [0.29, 0.717) is 11.7 Å². The van der Waals surface area contributed by atoms with Crippen molar-refractivity contribution in [2.75, 3.05) is 5.75 Å². The van der Waals surface area contributed by atoms with Gasteiger partial charge in [-0.3, -0.25) is 0 Å². The van der Waals surface area contributed by atoms with Crippen LogP contribution in [0.15, 0.2) is 57.9 Å². The largest absolute Gasteiger partial charge is 0.508 e. The lowest BCUT2D eigenvalue weighted by Gasteiger charge is -1.98. The Hall–Kier alpha value is -2.27. The zero-order valence-corrected chi connectivity index (χ0v) is 12.3. The van der Waals surface area contributed by atoms with Gasteiger partial charge in [0.2, 0.25) is 5.82 Å². The van der Waals surface area contributed by atoms with Crippen molar-refractivity contribution < 1.29 is 9.63 Å². The van der Waals surface area contributed by atoms with Crippen molar-refractivity contribution in [2.24, 2.45) is 0 Å². The van der Waals surface area contributed by atoms with Crippen LogP contribution in [-0.4, -0.2) is 21.0 Å². The van der Waals surface area contributed by atoms with Crippen LogP contribution in [-0.2, 0) is 0 Å². The predicted molar refractivity (Wildman–Crippen MR) is 83.2 cm³/mol. The Morgan fingerprint density at radius 1 is 1.00 bits per heavy atom. The van der Waals surface area contributed by atoms with Crippen molar-refractivity contribution >= 4 is 11.8 Å². The van der Waals surface area contributed by atoms with Gasteiger partial charge in [0, 0.05) is 16.0 Å². The zero-order valence-electron chi connectivity index (χ0n) is 11.5. The molecular formula is C16H14N2O2S. The highest BCUT2D eigenvalue weighted by atomic mass is 32.2. The topological polar surface area (TPSA) is 59.2 Å². The second-order valence-electron chi connectivity index (χ2n) is 4.43. The van der Waals surface area contributed by atoms with Crippen LogP contribution >= 0.6 is 11.8 Å². The average molecular weight is 298 g/mol. The molecule has 106 valence electrons. The van der Waals surface area contributed by atoms with E-state index >= 15 is 0 Å². The Kier molecular flexibility index (Phi) is 3.92. The van der Waals surface area contributed by atoms with Crippen molar-refractivity contribution in [3.8, 4) is 28.6 Å². The molecule has 2 aromatic carbocycles. The van der Waals surface area contributed by atoms with Crippen molar-refractivity contribution in [3.63, 3.8) is 0 Å². The summed E-state index contributed by atoms with van der Waals surface area (Å²) in [5, 5.41) is 13.3. The molecule has 0 aliphatic heterocycles. The van der Waals surface area contributed by atoms with Gasteiger partial charge in [0.05, 0.1) is 0 Å². The number of aromatic hydroxyl groups is 1. The van der Waals surface area contributed by atoms with Crippen LogP contribution in [0.2, 0.25) is 0 Å². The number of aromatic nitrogens is 2. The van der Waals surface area contributed by atoms with Crippen LogP contribution in [0.25, 0.3) is 22.8 Å². The van der Waals surface area contributed by atoms with E-state index < -0.39 is 0 Å². The summed E-state index contributed by atoms with van der Waals surface area (Å²) in [6.45, 7) is 2.13. The van der Waals surface area contributed by atoms with Gasteiger partial charge in [0.25, 0.3) is 5.89 Å². The summed E-state index contributed by atoms with van der Waals surface area (Å²) in [6.07, 6.45) is 0. The molecule has 1 heterocycles. The quantitative estimate of drug-likeness (QED) is 0.731. The predicted octanol–water partition coefficient (Wildman–Crippen LogP) is 4.22. The summed E-state index contributed by atoms with van der Waals surface area (Å²) < 4.78 is 5.27. The molecule has 0 saturated carbocycles. The minimum Gasteiger partial charge on any atom is -0.508 e. The highest BCUT2D eigenvalue weighted by Gasteiger charge is 2.10. The number of nitrogens with zero attached hydrogens (tertiary/aromatic N) is 2. The summed E-state index contributed by atoms with van der Waals surface area (Å²) >= 11 is 1.79. The summed E-state index contributed by atoms with van der Waals surface area (Å²) in [4.78, 5) is 5.62. The van der Waals surface area contributed by atoms with Gasteiger partial charge in [0.1, 0.15) is 5.75 Å². The van der Waals surface area contributed by atoms with Gasteiger partial charge in [-0.15, -0.1) is 11.8 Å². The summed E-state index contributed by atoms with van der Waals surface area (Å²) in [5.41, 5.74) is 1.70. The first-order valence-electron chi connectivity index (χ1n) is 6.62. The van der Waals surface area contributed by atoms with Gasteiger partial charge >= 0.3 is 0 Å². The molecule has 4 nitrogen and oxygen atoms in total. The number of hydrogen-bond donors (Lipinski definition) is 1. The summed E-state index contributed by atoms with van der Waals surface area (Å²) in [5.74, 6) is 2.26. The maximum absolute atomic E-state index is 9.29. The van der Waals surface area contributed by atoms with Gasteiger partial charge in [0.15, 0.2) is 0 Å². The van der Waals surface area contributed by atoms with Gasteiger partial charge in [-0.25, -0.2) is 0 Å². The SMILES string of the molecule is CCSc1ccc(-c2noc(-c3ccc(O)cc3)n2)cc1. The highest BCUT2D eigenvalue weighted by molar-refractivity contribution is 7.99. The molecule has 3 aromatic rings. The number of rotatable bonds is 4. The van der Waals surface area contributed by atoms with Crippen LogP contribution in [0.5, 0.6) is 5.75 Å². The summed E-state index contributed by atoms with van der Waals surface area (Å²) in [7, 11) is 0. The monoisotopic (exact) mass is 298 g/mol. The van der Waals surface area contributed by atoms with E-state index in [1.165, 1.54) is 4.90 Å². The van der Waals surface area contributed by atoms with Crippen molar-refractivity contribution in [3.05, 3.63) is 48.5 Å². The van der Waals surface area contributed by atoms with E-state index in [1.807, 2.05) is 12.1 Å². The molecule has 0 aliphatic carbocycles. The fourth-order valence-corrected chi connectivity index (χ4v) is 2.59. The molecule has 0 amide bonds. The molecule has 0 fully saturated rings. The van der Waals surface area contributed by atoms with Crippen molar-refractivity contribution in [1.82, 2.24) is 10.1 Å².